The number of ether oxygens (including phenoxy) is 1. The second kappa shape index (κ2) is 6.40. The van der Waals surface area contributed by atoms with Crippen molar-refractivity contribution in [2.45, 2.75) is 45.3 Å². The molecule has 0 spiro atoms. The molecule has 1 aliphatic heterocycles. The van der Waals surface area contributed by atoms with Gasteiger partial charge in [-0.05, 0) is 51.1 Å². The molecule has 3 heterocycles. The first-order chi connectivity index (χ1) is 12.8. The lowest BCUT2D eigenvalue weighted by molar-refractivity contribution is 0.0199. The first kappa shape index (κ1) is 17.6. The summed E-state index contributed by atoms with van der Waals surface area (Å²) in [5.74, 6) is 0.990. The topological polar surface area (TPSA) is 73.4 Å². The zero-order valence-corrected chi connectivity index (χ0v) is 16.1. The third-order valence-electron chi connectivity index (χ3n) is 4.75. The van der Waals surface area contributed by atoms with Crippen molar-refractivity contribution in [2.75, 3.05) is 6.54 Å². The van der Waals surface area contributed by atoms with Crippen LogP contribution in [0, 0.1) is 0 Å². The number of hydrogen-bond donors (Lipinski definition) is 0. The van der Waals surface area contributed by atoms with Gasteiger partial charge in [0.2, 0.25) is 11.7 Å². The summed E-state index contributed by atoms with van der Waals surface area (Å²) in [7, 11) is 2.00. The highest BCUT2D eigenvalue weighted by Gasteiger charge is 2.36. The van der Waals surface area contributed by atoms with Crippen molar-refractivity contribution in [1.82, 2.24) is 19.6 Å². The van der Waals surface area contributed by atoms with Crippen LogP contribution in [0.4, 0.5) is 4.79 Å². The van der Waals surface area contributed by atoms with Gasteiger partial charge in [-0.2, -0.15) is 4.98 Å². The number of likely N-dealkylation sites (tertiary alicyclic amines) is 1. The molecule has 7 nitrogen and oxygen atoms in total. The fraction of sp³-hybridized carbons (Fsp3) is 0.450. The van der Waals surface area contributed by atoms with Gasteiger partial charge in [-0.25, -0.2) is 4.79 Å². The monoisotopic (exact) mass is 368 g/mol. The lowest BCUT2D eigenvalue weighted by Crippen LogP contribution is -2.36. The van der Waals surface area contributed by atoms with E-state index in [0.29, 0.717) is 18.3 Å². The number of aryl methyl sites for hydroxylation is 1. The SMILES string of the molecule is Cn1ccc2ccc(-c3noc([C@@H]4CCCN4C(=O)OC(C)(C)C)n3)cc21. The van der Waals surface area contributed by atoms with Crippen LogP contribution >= 0.6 is 0 Å². The fourth-order valence-corrected chi connectivity index (χ4v) is 3.45. The maximum Gasteiger partial charge on any atom is 0.410 e. The molecule has 0 radical (unpaired) electrons. The Morgan fingerprint density at radius 2 is 2.11 bits per heavy atom. The molecule has 3 aromatic rings. The van der Waals surface area contributed by atoms with Crippen molar-refractivity contribution in [3.63, 3.8) is 0 Å². The van der Waals surface area contributed by atoms with Crippen molar-refractivity contribution in [2.24, 2.45) is 7.05 Å². The Morgan fingerprint density at radius 1 is 1.30 bits per heavy atom. The molecule has 1 aromatic carbocycles. The van der Waals surface area contributed by atoms with E-state index in [1.54, 1.807) is 4.90 Å². The van der Waals surface area contributed by atoms with Crippen molar-refractivity contribution >= 4 is 17.0 Å². The number of carbonyl (C=O) groups excluding carboxylic acids is 1. The van der Waals surface area contributed by atoms with E-state index >= 15 is 0 Å². The Bertz CT molecular complexity index is 983. The van der Waals surface area contributed by atoms with Crippen LogP contribution in [-0.4, -0.2) is 37.8 Å². The minimum absolute atomic E-state index is 0.236. The number of rotatable bonds is 2. The zero-order chi connectivity index (χ0) is 19.2. The van der Waals surface area contributed by atoms with Crippen molar-refractivity contribution in [1.29, 1.82) is 0 Å². The smallest absolute Gasteiger partial charge is 0.410 e. The number of aromatic nitrogens is 3. The van der Waals surface area contributed by atoms with E-state index in [1.165, 1.54) is 0 Å². The van der Waals surface area contributed by atoms with Gasteiger partial charge >= 0.3 is 6.09 Å². The number of carbonyl (C=O) groups is 1. The average molecular weight is 368 g/mol. The fourth-order valence-electron chi connectivity index (χ4n) is 3.45. The van der Waals surface area contributed by atoms with Crippen molar-refractivity contribution in [3.8, 4) is 11.4 Å². The standard InChI is InChI=1S/C20H24N4O3/c1-20(2,3)26-19(25)24-10-5-6-15(24)18-21-17(22-27-18)14-8-7-13-9-11-23(4)16(13)12-14/h7-9,11-12,15H,5-6,10H2,1-4H3/t15-/m0/s1. The van der Waals surface area contributed by atoms with Gasteiger partial charge < -0.3 is 13.8 Å². The molecule has 1 amide bonds. The van der Waals surface area contributed by atoms with E-state index in [0.717, 1.165) is 29.3 Å². The second-order valence-electron chi connectivity index (χ2n) is 7.99. The van der Waals surface area contributed by atoms with Crippen molar-refractivity contribution in [3.05, 3.63) is 36.4 Å². The highest BCUT2D eigenvalue weighted by molar-refractivity contribution is 5.84. The van der Waals surface area contributed by atoms with Gasteiger partial charge in [0.05, 0.1) is 0 Å². The third kappa shape index (κ3) is 3.41. The van der Waals surface area contributed by atoms with E-state index < -0.39 is 5.60 Å². The molecule has 142 valence electrons. The predicted octanol–water partition coefficient (Wildman–Crippen LogP) is 4.30. The van der Waals surface area contributed by atoms with Crippen LogP contribution in [0.3, 0.4) is 0 Å². The summed E-state index contributed by atoms with van der Waals surface area (Å²) in [6, 6.07) is 7.91. The van der Waals surface area contributed by atoms with Crippen LogP contribution in [0.2, 0.25) is 0 Å². The van der Waals surface area contributed by atoms with E-state index in [-0.39, 0.29) is 12.1 Å². The third-order valence-corrected chi connectivity index (χ3v) is 4.75. The van der Waals surface area contributed by atoms with Crippen LogP contribution in [0.15, 0.2) is 35.0 Å². The zero-order valence-electron chi connectivity index (χ0n) is 16.1. The molecule has 1 aliphatic rings. The molecule has 0 bridgehead atoms. The predicted molar refractivity (Wildman–Crippen MR) is 101 cm³/mol. The van der Waals surface area contributed by atoms with E-state index in [4.69, 9.17) is 9.26 Å². The molecular weight excluding hydrogens is 344 g/mol. The first-order valence-corrected chi connectivity index (χ1v) is 9.20. The summed E-state index contributed by atoms with van der Waals surface area (Å²) >= 11 is 0. The number of amides is 1. The summed E-state index contributed by atoms with van der Waals surface area (Å²) in [5, 5.41) is 5.31. The molecular formula is C20H24N4O3. The summed E-state index contributed by atoms with van der Waals surface area (Å²) in [6.07, 6.45) is 3.36. The summed E-state index contributed by atoms with van der Waals surface area (Å²) < 4.78 is 13.1. The molecule has 7 heteroatoms. The molecule has 1 saturated heterocycles. The molecule has 0 unspecified atom stereocenters. The van der Waals surface area contributed by atoms with E-state index in [2.05, 4.69) is 20.8 Å². The summed E-state index contributed by atoms with van der Waals surface area (Å²) in [4.78, 5) is 18.7. The maximum absolute atomic E-state index is 12.5. The first-order valence-electron chi connectivity index (χ1n) is 9.20. The largest absolute Gasteiger partial charge is 0.444 e. The second-order valence-corrected chi connectivity index (χ2v) is 7.99. The Hall–Kier alpha value is -2.83. The Balaban J connectivity index is 1.59. The molecule has 1 fully saturated rings. The van der Waals surface area contributed by atoms with Crippen LogP contribution in [0.5, 0.6) is 0 Å². The number of hydrogen-bond acceptors (Lipinski definition) is 5. The Kier molecular flexibility index (Phi) is 4.17. The lowest BCUT2D eigenvalue weighted by atomic mass is 10.1. The lowest BCUT2D eigenvalue weighted by Gasteiger charge is -2.26. The van der Waals surface area contributed by atoms with Crippen LogP contribution in [0.25, 0.3) is 22.3 Å². The van der Waals surface area contributed by atoms with Gasteiger partial charge in [-0.1, -0.05) is 17.3 Å². The number of nitrogens with zero attached hydrogens (tertiary/aromatic N) is 4. The van der Waals surface area contributed by atoms with Crippen LogP contribution in [0.1, 0.15) is 45.5 Å². The van der Waals surface area contributed by atoms with Crippen LogP contribution < -0.4 is 0 Å². The van der Waals surface area contributed by atoms with Gasteiger partial charge in [0.25, 0.3) is 0 Å². The Morgan fingerprint density at radius 3 is 2.89 bits per heavy atom. The molecule has 27 heavy (non-hydrogen) atoms. The molecule has 2 aromatic heterocycles. The Labute approximate surface area is 157 Å². The molecule has 1 atom stereocenters. The summed E-state index contributed by atoms with van der Waals surface area (Å²) in [6.45, 7) is 6.22. The molecule has 0 N–H and O–H groups in total. The minimum atomic E-state index is -0.533. The normalized spacial score (nSPS) is 17.6. The molecule has 0 aliphatic carbocycles. The average Bonchev–Trinajstić information content (AvgIpc) is 3.32. The highest BCUT2D eigenvalue weighted by atomic mass is 16.6. The van der Waals surface area contributed by atoms with Crippen molar-refractivity contribution < 1.29 is 14.1 Å². The van der Waals surface area contributed by atoms with Gasteiger partial charge in [0.15, 0.2) is 0 Å². The van der Waals surface area contributed by atoms with E-state index in [1.807, 2.05) is 52.2 Å². The highest BCUT2D eigenvalue weighted by Crippen LogP contribution is 2.33. The van der Waals surface area contributed by atoms with E-state index in [9.17, 15) is 4.79 Å². The summed E-state index contributed by atoms with van der Waals surface area (Å²) in [5.41, 5.74) is 1.46. The van der Waals surface area contributed by atoms with Crippen LogP contribution in [-0.2, 0) is 11.8 Å². The number of benzene rings is 1. The molecule has 4 rings (SSSR count). The van der Waals surface area contributed by atoms with Gasteiger partial charge in [0.1, 0.15) is 11.6 Å². The molecule has 0 saturated carbocycles. The van der Waals surface area contributed by atoms with Gasteiger partial charge in [-0.15, -0.1) is 0 Å². The minimum Gasteiger partial charge on any atom is -0.444 e. The quantitative estimate of drug-likeness (QED) is 0.674. The maximum atomic E-state index is 12.5. The van der Waals surface area contributed by atoms with Gasteiger partial charge in [0, 0.05) is 30.9 Å². The number of fused-ring (bicyclic) bond motifs is 1. The van der Waals surface area contributed by atoms with Gasteiger partial charge in [-0.3, -0.25) is 4.90 Å².